The molecule has 0 aliphatic carbocycles. The number of amides is 1. The first-order valence-electron chi connectivity index (χ1n) is 6.09. The summed E-state index contributed by atoms with van der Waals surface area (Å²) in [6, 6.07) is 5.41. The molecule has 0 bridgehead atoms. The number of fused-ring (bicyclic) bond motifs is 1. The van der Waals surface area contributed by atoms with Crippen LogP contribution in [0.4, 0.5) is 5.69 Å². The van der Waals surface area contributed by atoms with Gasteiger partial charge < -0.3 is 10.1 Å². The minimum absolute atomic E-state index is 0.0298. The number of rotatable bonds is 3. The minimum Gasteiger partial charge on any atom is -0.366 e. The lowest BCUT2D eigenvalue weighted by atomic mass is 10.2. The first-order chi connectivity index (χ1) is 8.94. The van der Waals surface area contributed by atoms with E-state index in [1.807, 2.05) is 26.8 Å². The van der Waals surface area contributed by atoms with Crippen molar-refractivity contribution >= 4 is 22.6 Å². The average Bonchev–Trinajstić information content (AvgIpc) is 2.35. The topological polar surface area (TPSA) is 64.1 Å². The average molecular weight is 259 g/mol. The van der Waals surface area contributed by atoms with Crippen LogP contribution in [0.15, 0.2) is 30.6 Å². The number of hydrogen-bond acceptors (Lipinski definition) is 4. The fraction of sp³-hybridized carbons (Fsp3) is 0.357. The van der Waals surface area contributed by atoms with Crippen molar-refractivity contribution in [2.45, 2.75) is 26.4 Å². The summed E-state index contributed by atoms with van der Waals surface area (Å²) in [5.74, 6) is -0.182. The molecule has 1 amide bonds. The standard InChI is InChI=1S/C14H17N3O2/c1-14(2,3)19-9-13(18)17-10-4-5-11-12(8-10)16-7-6-15-11/h4-8H,9H2,1-3H3,(H,17,18). The fourth-order valence-corrected chi connectivity index (χ4v) is 1.52. The predicted octanol–water partition coefficient (Wildman–Crippen LogP) is 2.38. The normalized spacial score (nSPS) is 11.5. The lowest BCUT2D eigenvalue weighted by Gasteiger charge is -2.19. The highest BCUT2D eigenvalue weighted by Gasteiger charge is 2.13. The van der Waals surface area contributed by atoms with Gasteiger partial charge in [0.25, 0.3) is 0 Å². The van der Waals surface area contributed by atoms with Crippen LogP contribution in [0, 0.1) is 0 Å². The highest BCUT2D eigenvalue weighted by atomic mass is 16.5. The molecule has 1 aromatic heterocycles. The Morgan fingerprint density at radius 1 is 1.21 bits per heavy atom. The Morgan fingerprint density at radius 2 is 1.89 bits per heavy atom. The van der Waals surface area contributed by atoms with Crippen LogP contribution < -0.4 is 5.32 Å². The molecule has 1 N–H and O–H groups in total. The van der Waals surface area contributed by atoms with E-state index >= 15 is 0 Å². The molecule has 5 heteroatoms. The van der Waals surface area contributed by atoms with Crippen molar-refractivity contribution in [2.24, 2.45) is 0 Å². The second-order valence-corrected chi connectivity index (χ2v) is 5.21. The summed E-state index contributed by atoms with van der Waals surface area (Å²) >= 11 is 0. The SMILES string of the molecule is CC(C)(C)OCC(=O)Nc1ccc2nccnc2c1. The molecule has 0 spiro atoms. The van der Waals surface area contributed by atoms with Crippen LogP contribution in [0.5, 0.6) is 0 Å². The van der Waals surface area contributed by atoms with Crippen LogP contribution >= 0.6 is 0 Å². The number of hydrogen-bond donors (Lipinski definition) is 1. The zero-order valence-electron chi connectivity index (χ0n) is 11.3. The van der Waals surface area contributed by atoms with Gasteiger partial charge in [-0.05, 0) is 39.0 Å². The van der Waals surface area contributed by atoms with E-state index in [1.165, 1.54) is 0 Å². The molecule has 100 valence electrons. The molecule has 0 saturated heterocycles. The third-order valence-corrected chi connectivity index (χ3v) is 2.39. The van der Waals surface area contributed by atoms with Gasteiger partial charge in [0.1, 0.15) is 6.61 Å². The summed E-state index contributed by atoms with van der Waals surface area (Å²) in [6.45, 7) is 5.76. The molecule has 0 atom stereocenters. The molecule has 0 unspecified atom stereocenters. The number of benzene rings is 1. The maximum atomic E-state index is 11.7. The highest BCUT2D eigenvalue weighted by molar-refractivity contribution is 5.93. The van der Waals surface area contributed by atoms with Gasteiger partial charge in [-0.25, -0.2) is 0 Å². The summed E-state index contributed by atoms with van der Waals surface area (Å²) in [5.41, 5.74) is 1.91. The van der Waals surface area contributed by atoms with Gasteiger partial charge in [-0.3, -0.25) is 14.8 Å². The van der Waals surface area contributed by atoms with Gasteiger partial charge in [0.2, 0.25) is 5.91 Å². The van der Waals surface area contributed by atoms with Crippen LogP contribution in [0.1, 0.15) is 20.8 Å². The Morgan fingerprint density at radius 3 is 2.58 bits per heavy atom. The Kier molecular flexibility index (Phi) is 3.76. The van der Waals surface area contributed by atoms with Crippen LogP contribution in [0.25, 0.3) is 11.0 Å². The van der Waals surface area contributed by atoms with E-state index in [-0.39, 0.29) is 18.1 Å². The van der Waals surface area contributed by atoms with Crippen LogP contribution in [0.3, 0.4) is 0 Å². The number of nitrogens with one attached hydrogen (secondary N) is 1. The van der Waals surface area contributed by atoms with E-state index in [2.05, 4.69) is 15.3 Å². The Labute approximate surface area is 112 Å². The number of carbonyl (C=O) groups is 1. The summed E-state index contributed by atoms with van der Waals surface area (Å²) < 4.78 is 5.41. The van der Waals surface area contributed by atoms with E-state index in [0.29, 0.717) is 5.69 Å². The summed E-state index contributed by atoms with van der Waals surface area (Å²) in [7, 11) is 0. The predicted molar refractivity (Wildman–Crippen MR) is 73.9 cm³/mol. The number of ether oxygens (including phenoxy) is 1. The van der Waals surface area contributed by atoms with Crippen molar-refractivity contribution in [3.8, 4) is 0 Å². The minimum atomic E-state index is -0.327. The lowest BCUT2D eigenvalue weighted by Crippen LogP contribution is -2.27. The van der Waals surface area contributed by atoms with Gasteiger partial charge in [-0.2, -0.15) is 0 Å². The van der Waals surface area contributed by atoms with E-state index in [9.17, 15) is 4.79 Å². The third kappa shape index (κ3) is 3.99. The maximum absolute atomic E-state index is 11.7. The first kappa shape index (κ1) is 13.4. The smallest absolute Gasteiger partial charge is 0.250 e. The number of carbonyl (C=O) groups excluding carboxylic acids is 1. The van der Waals surface area contributed by atoms with Gasteiger partial charge in [0.05, 0.1) is 16.6 Å². The van der Waals surface area contributed by atoms with Gasteiger partial charge in [0, 0.05) is 18.1 Å². The van der Waals surface area contributed by atoms with Crippen molar-refractivity contribution in [1.29, 1.82) is 0 Å². The number of aromatic nitrogens is 2. The molecule has 2 aromatic rings. The number of anilines is 1. The Bertz CT molecular complexity index is 591. The zero-order valence-corrected chi connectivity index (χ0v) is 11.3. The van der Waals surface area contributed by atoms with E-state index < -0.39 is 0 Å². The first-order valence-corrected chi connectivity index (χ1v) is 6.09. The van der Waals surface area contributed by atoms with Gasteiger partial charge in [-0.15, -0.1) is 0 Å². The second kappa shape index (κ2) is 5.32. The highest BCUT2D eigenvalue weighted by Crippen LogP contribution is 2.15. The molecule has 0 radical (unpaired) electrons. The van der Waals surface area contributed by atoms with Crippen LogP contribution in [-0.2, 0) is 9.53 Å². The number of nitrogens with zero attached hydrogens (tertiary/aromatic N) is 2. The molecular formula is C14H17N3O2. The Balaban J connectivity index is 2.03. The van der Waals surface area contributed by atoms with E-state index in [0.717, 1.165) is 11.0 Å². The van der Waals surface area contributed by atoms with Gasteiger partial charge in [-0.1, -0.05) is 0 Å². The molecule has 0 saturated carbocycles. The van der Waals surface area contributed by atoms with Crippen LogP contribution in [-0.4, -0.2) is 28.1 Å². The molecule has 1 aromatic carbocycles. The Hall–Kier alpha value is -2.01. The molecule has 0 aliphatic rings. The summed E-state index contributed by atoms with van der Waals surface area (Å²) in [5, 5.41) is 2.77. The molecule has 19 heavy (non-hydrogen) atoms. The molecule has 2 rings (SSSR count). The lowest BCUT2D eigenvalue weighted by molar-refractivity contribution is -0.125. The fourth-order valence-electron chi connectivity index (χ4n) is 1.52. The van der Waals surface area contributed by atoms with E-state index in [1.54, 1.807) is 24.5 Å². The summed E-state index contributed by atoms with van der Waals surface area (Å²) in [4.78, 5) is 20.1. The monoisotopic (exact) mass is 259 g/mol. The maximum Gasteiger partial charge on any atom is 0.250 e. The zero-order chi connectivity index (χ0) is 13.9. The second-order valence-electron chi connectivity index (χ2n) is 5.21. The van der Waals surface area contributed by atoms with Crippen molar-refractivity contribution in [2.75, 3.05) is 11.9 Å². The quantitative estimate of drug-likeness (QED) is 0.919. The van der Waals surface area contributed by atoms with Crippen molar-refractivity contribution in [3.05, 3.63) is 30.6 Å². The van der Waals surface area contributed by atoms with Crippen LogP contribution in [0.2, 0.25) is 0 Å². The van der Waals surface area contributed by atoms with Crippen molar-refractivity contribution in [3.63, 3.8) is 0 Å². The van der Waals surface area contributed by atoms with Gasteiger partial charge >= 0.3 is 0 Å². The molecule has 0 fully saturated rings. The largest absolute Gasteiger partial charge is 0.366 e. The molecule has 0 aliphatic heterocycles. The third-order valence-electron chi connectivity index (χ3n) is 2.39. The van der Waals surface area contributed by atoms with Crippen molar-refractivity contribution < 1.29 is 9.53 Å². The molecule has 5 nitrogen and oxygen atoms in total. The summed E-state index contributed by atoms with van der Waals surface area (Å²) in [6.07, 6.45) is 3.26. The van der Waals surface area contributed by atoms with Crippen molar-refractivity contribution in [1.82, 2.24) is 9.97 Å². The van der Waals surface area contributed by atoms with E-state index in [4.69, 9.17) is 4.74 Å². The molecular weight excluding hydrogens is 242 g/mol. The van der Waals surface area contributed by atoms with Gasteiger partial charge in [0.15, 0.2) is 0 Å². The molecule has 1 heterocycles.